The van der Waals surface area contributed by atoms with Crippen LogP contribution in [-0.4, -0.2) is 48.7 Å². The van der Waals surface area contributed by atoms with Crippen LogP contribution in [-0.2, 0) is 0 Å². The minimum atomic E-state index is 0.334. The fourth-order valence-electron chi connectivity index (χ4n) is 3.19. The van der Waals surface area contributed by atoms with E-state index in [1.165, 1.54) is 19.5 Å². The largest absolute Gasteiger partial charge is 0.489 e. The first kappa shape index (κ1) is 12.9. The fraction of sp³-hybridized carbons (Fsp3) is 0.667. The van der Waals surface area contributed by atoms with E-state index in [2.05, 4.69) is 22.1 Å². The van der Waals surface area contributed by atoms with Gasteiger partial charge in [-0.3, -0.25) is 9.88 Å². The number of hydrogen-bond donors (Lipinski definition) is 1. The van der Waals surface area contributed by atoms with Crippen LogP contribution in [0.3, 0.4) is 0 Å². The summed E-state index contributed by atoms with van der Waals surface area (Å²) in [5.74, 6) is 0.940. The molecule has 2 aliphatic heterocycles. The lowest BCUT2D eigenvalue weighted by atomic mass is 9.89. The lowest BCUT2D eigenvalue weighted by Crippen LogP contribution is -2.37. The topological polar surface area (TPSA) is 37.4 Å². The van der Waals surface area contributed by atoms with Crippen molar-refractivity contribution in [2.24, 2.45) is 5.41 Å². The van der Waals surface area contributed by atoms with Crippen molar-refractivity contribution >= 4 is 0 Å². The highest BCUT2D eigenvalue weighted by atomic mass is 16.5. The molecular formula is C15H23N3O. The minimum absolute atomic E-state index is 0.334. The van der Waals surface area contributed by atoms with E-state index in [0.717, 1.165) is 31.8 Å². The molecule has 4 nitrogen and oxygen atoms in total. The molecule has 2 aliphatic rings. The maximum absolute atomic E-state index is 6.01. The fourth-order valence-corrected chi connectivity index (χ4v) is 3.19. The van der Waals surface area contributed by atoms with Crippen molar-refractivity contribution in [3.05, 3.63) is 24.5 Å². The van der Waals surface area contributed by atoms with Gasteiger partial charge in [0.25, 0.3) is 0 Å². The van der Waals surface area contributed by atoms with E-state index >= 15 is 0 Å². The van der Waals surface area contributed by atoms with Crippen LogP contribution in [0.15, 0.2) is 24.5 Å². The average molecular weight is 261 g/mol. The number of likely N-dealkylation sites (tertiary alicyclic amines) is 1. The Labute approximate surface area is 115 Å². The lowest BCUT2D eigenvalue weighted by Gasteiger charge is -2.28. The molecule has 0 aliphatic carbocycles. The predicted octanol–water partition coefficient (Wildman–Crippen LogP) is 1.53. The number of rotatable bonds is 4. The molecular weight excluding hydrogens is 238 g/mol. The number of aromatic nitrogens is 1. The van der Waals surface area contributed by atoms with Crippen LogP contribution >= 0.6 is 0 Å². The van der Waals surface area contributed by atoms with Gasteiger partial charge in [-0.05, 0) is 36.9 Å². The molecule has 0 radical (unpaired) electrons. The lowest BCUT2D eigenvalue weighted by molar-refractivity contribution is 0.169. The SMILES string of the molecule is CC1(CN2CC[C@@H](Oc3ccncc3)C2)CCNC1. The van der Waals surface area contributed by atoms with Crippen LogP contribution in [0.1, 0.15) is 19.8 Å². The van der Waals surface area contributed by atoms with Gasteiger partial charge in [0.2, 0.25) is 0 Å². The zero-order chi connectivity index (χ0) is 13.1. The van der Waals surface area contributed by atoms with Crippen molar-refractivity contribution in [2.45, 2.75) is 25.9 Å². The third-order valence-electron chi connectivity index (χ3n) is 4.24. The van der Waals surface area contributed by atoms with Gasteiger partial charge in [0.05, 0.1) is 0 Å². The molecule has 0 amide bonds. The Bertz CT molecular complexity index is 403. The first-order valence-electron chi connectivity index (χ1n) is 7.23. The molecule has 3 rings (SSSR count). The predicted molar refractivity (Wildman–Crippen MR) is 75.3 cm³/mol. The molecule has 0 saturated carbocycles. The van der Waals surface area contributed by atoms with E-state index in [1.54, 1.807) is 12.4 Å². The Morgan fingerprint density at radius 3 is 3.05 bits per heavy atom. The molecule has 0 aromatic carbocycles. The number of hydrogen-bond acceptors (Lipinski definition) is 4. The minimum Gasteiger partial charge on any atom is -0.489 e. The van der Waals surface area contributed by atoms with Crippen molar-refractivity contribution < 1.29 is 4.74 Å². The molecule has 3 heterocycles. The van der Waals surface area contributed by atoms with Crippen LogP contribution in [0.5, 0.6) is 5.75 Å². The molecule has 104 valence electrons. The van der Waals surface area contributed by atoms with E-state index in [0.29, 0.717) is 11.5 Å². The highest BCUT2D eigenvalue weighted by molar-refractivity contribution is 5.17. The van der Waals surface area contributed by atoms with Gasteiger partial charge < -0.3 is 10.1 Å². The number of nitrogens with zero attached hydrogens (tertiary/aromatic N) is 2. The van der Waals surface area contributed by atoms with Gasteiger partial charge in [-0.1, -0.05) is 6.92 Å². The molecule has 2 saturated heterocycles. The molecule has 1 unspecified atom stereocenters. The van der Waals surface area contributed by atoms with E-state index < -0.39 is 0 Å². The summed E-state index contributed by atoms with van der Waals surface area (Å²) in [4.78, 5) is 6.57. The van der Waals surface area contributed by atoms with E-state index in [4.69, 9.17) is 4.74 Å². The maximum atomic E-state index is 6.01. The Hall–Kier alpha value is -1.13. The zero-order valence-electron chi connectivity index (χ0n) is 11.6. The Balaban J connectivity index is 1.50. The molecule has 2 atom stereocenters. The average Bonchev–Trinajstić information content (AvgIpc) is 3.01. The van der Waals surface area contributed by atoms with Gasteiger partial charge in [0.15, 0.2) is 0 Å². The van der Waals surface area contributed by atoms with Crippen LogP contribution in [0.4, 0.5) is 0 Å². The summed E-state index contributed by atoms with van der Waals surface area (Å²) in [6, 6.07) is 3.87. The monoisotopic (exact) mass is 261 g/mol. The second-order valence-corrected chi connectivity index (χ2v) is 6.18. The van der Waals surface area contributed by atoms with Gasteiger partial charge >= 0.3 is 0 Å². The first-order valence-corrected chi connectivity index (χ1v) is 7.23. The third kappa shape index (κ3) is 3.25. The molecule has 0 spiro atoms. The summed E-state index contributed by atoms with van der Waals surface area (Å²) in [5.41, 5.74) is 0.450. The standard InChI is InChI=1S/C15H23N3O/c1-15(5-8-17-11-15)12-18-9-4-14(10-18)19-13-2-6-16-7-3-13/h2-3,6-7,14,17H,4-5,8-12H2,1H3/t14-,15?/m1/s1. The summed E-state index contributed by atoms with van der Waals surface area (Å²) in [5, 5.41) is 3.47. The number of nitrogens with one attached hydrogen (secondary N) is 1. The van der Waals surface area contributed by atoms with Crippen molar-refractivity contribution in [1.82, 2.24) is 15.2 Å². The second-order valence-electron chi connectivity index (χ2n) is 6.18. The molecule has 1 N–H and O–H groups in total. The van der Waals surface area contributed by atoms with Crippen molar-refractivity contribution in [1.29, 1.82) is 0 Å². The van der Waals surface area contributed by atoms with E-state index in [1.807, 2.05) is 12.1 Å². The second kappa shape index (κ2) is 5.47. The van der Waals surface area contributed by atoms with Crippen molar-refractivity contribution in [3.8, 4) is 5.75 Å². The van der Waals surface area contributed by atoms with Gasteiger partial charge in [-0.15, -0.1) is 0 Å². The molecule has 2 fully saturated rings. The summed E-state index contributed by atoms with van der Waals surface area (Å²) in [7, 11) is 0. The summed E-state index contributed by atoms with van der Waals surface area (Å²) < 4.78 is 6.01. The molecule has 19 heavy (non-hydrogen) atoms. The van der Waals surface area contributed by atoms with E-state index in [9.17, 15) is 0 Å². The summed E-state index contributed by atoms with van der Waals surface area (Å²) in [6.07, 6.45) is 6.33. The quantitative estimate of drug-likeness (QED) is 0.892. The highest BCUT2D eigenvalue weighted by Crippen LogP contribution is 2.28. The number of pyridine rings is 1. The van der Waals surface area contributed by atoms with Gasteiger partial charge in [0.1, 0.15) is 11.9 Å². The first-order chi connectivity index (χ1) is 9.23. The van der Waals surface area contributed by atoms with Crippen LogP contribution in [0.25, 0.3) is 0 Å². The smallest absolute Gasteiger partial charge is 0.122 e. The Kier molecular flexibility index (Phi) is 3.71. The molecule has 1 aromatic heterocycles. The highest BCUT2D eigenvalue weighted by Gasteiger charge is 2.33. The van der Waals surface area contributed by atoms with Crippen molar-refractivity contribution in [3.63, 3.8) is 0 Å². The summed E-state index contributed by atoms with van der Waals surface area (Å²) >= 11 is 0. The maximum Gasteiger partial charge on any atom is 0.122 e. The Morgan fingerprint density at radius 2 is 2.32 bits per heavy atom. The number of ether oxygens (including phenoxy) is 1. The normalized spacial score (nSPS) is 31.7. The van der Waals surface area contributed by atoms with Crippen molar-refractivity contribution in [2.75, 3.05) is 32.7 Å². The van der Waals surface area contributed by atoms with Crippen LogP contribution in [0, 0.1) is 5.41 Å². The Morgan fingerprint density at radius 1 is 1.47 bits per heavy atom. The molecule has 4 heteroatoms. The summed E-state index contributed by atoms with van der Waals surface area (Å²) in [6.45, 7) is 8.12. The van der Waals surface area contributed by atoms with Gasteiger partial charge in [-0.2, -0.15) is 0 Å². The zero-order valence-corrected chi connectivity index (χ0v) is 11.6. The van der Waals surface area contributed by atoms with Gasteiger partial charge in [-0.25, -0.2) is 0 Å². The third-order valence-corrected chi connectivity index (χ3v) is 4.24. The van der Waals surface area contributed by atoms with Crippen LogP contribution < -0.4 is 10.1 Å². The van der Waals surface area contributed by atoms with E-state index in [-0.39, 0.29) is 0 Å². The van der Waals surface area contributed by atoms with Gasteiger partial charge in [0, 0.05) is 38.6 Å². The molecule has 0 bridgehead atoms. The molecule has 1 aromatic rings. The van der Waals surface area contributed by atoms with Crippen LogP contribution in [0.2, 0.25) is 0 Å².